The highest BCUT2D eigenvalue weighted by Crippen LogP contribution is 2.38. The molecule has 0 unspecified atom stereocenters. The Kier molecular flexibility index (Phi) is 4.58. The second-order valence-corrected chi connectivity index (χ2v) is 5.53. The zero-order chi connectivity index (χ0) is 18.9. The summed E-state index contributed by atoms with van der Waals surface area (Å²) in [6, 6.07) is 8.43. The summed E-state index contributed by atoms with van der Waals surface area (Å²) in [6.45, 7) is 0. The van der Waals surface area contributed by atoms with Crippen molar-refractivity contribution in [1.82, 2.24) is 9.97 Å². The van der Waals surface area contributed by atoms with Gasteiger partial charge in [-0.15, -0.1) is 0 Å². The van der Waals surface area contributed by atoms with Crippen molar-refractivity contribution in [3.63, 3.8) is 0 Å². The van der Waals surface area contributed by atoms with Gasteiger partial charge in [-0.05, 0) is 18.2 Å². The first-order valence-corrected chi connectivity index (χ1v) is 7.63. The molecule has 3 rings (SSSR count). The fourth-order valence-electron chi connectivity index (χ4n) is 2.66. The monoisotopic (exact) mass is 363 g/mol. The number of methoxy groups -OCH3 is 2. The third kappa shape index (κ3) is 3.22. The molecule has 26 heavy (non-hydrogen) atoms. The van der Waals surface area contributed by atoms with Gasteiger partial charge in [-0.1, -0.05) is 6.07 Å². The van der Waals surface area contributed by atoms with E-state index in [9.17, 15) is 13.2 Å². The van der Waals surface area contributed by atoms with Crippen LogP contribution < -0.4 is 14.4 Å². The molecule has 0 saturated carbocycles. The highest BCUT2D eigenvalue weighted by molar-refractivity contribution is 5.97. The number of ether oxygens (including phenoxy) is 2. The van der Waals surface area contributed by atoms with Crippen LogP contribution in [0.3, 0.4) is 0 Å². The van der Waals surface area contributed by atoms with Crippen molar-refractivity contribution >= 4 is 22.4 Å². The molecule has 0 spiro atoms. The number of nitrogens with zero attached hydrogens (tertiary/aromatic N) is 3. The lowest BCUT2D eigenvalue weighted by molar-refractivity contribution is -0.137. The zero-order valence-corrected chi connectivity index (χ0v) is 14.3. The standard InChI is InChI=1S/C18H16F3N3O2/c1-24(12-6-4-5-11(7-12)18(19,20)21)17-16-14(22-10-23-17)8-13(25-2)9-15(16)26-3/h4-10H,1-3H3. The SMILES string of the molecule is COc1cc(OC)c2c(N(C)c3cccc(C(F)(F)F)c3)ncnc2c1. The van der Waals surface area contributed by atoms with Crippen molar-refractivity contribution in [2.45, 2.75) is 6.18 Å². The first-order chi connectivity index (χ1) is 12.3. The normalized spacial score (nSPS) is 11.5. The van der Waals surface area contributed by atoms with Crippen molar-refractivity contribution in [1.29, 1.82) is 0 Å². The molecule has 0 N–H and O–H groups in total. The number of hydrogen-bond donors (Lipinski definition) is 0. The van der Waals surface area contributed by atoms with E-state index in [1.54, 1.807) is 30.1 Å². The molecular weight excluding hydrogens is 347 g/mol. The second-order valence-electron chi connectivity index (χ2n) is 5.53. The Bertz CT molecular complexity index is 945. The molecule has 0 radical (unpaired) electrons. The Morgan fingerprint density at radius 1 is 1.00 bits per heavy atom. The third-order valence-corrected chi connectivity index (χ3v) is 3.99. The molecular formula is C18H16F3N3O2. The molecule has 1 aromatic heterocycles. The van der Waals surface area contributed by atoms with Crippen LogP contribution in [0.25, 0.3) is 10.9 Å². The molecule has 2 aromatic carbocycles. The highest BCUT2D eigenvalue weighted by atomic mass is 19.4. The van der Waals surface area contributed by atoms with Gasteiger partial charge in [-0.3, -0.25) is 0 Å². The predicted molar refractivity (Wildman–Crippen MR) is 92.1 cm³/mol. The average molecular weight is 363 g/mol. The van der Waals surface area contributed by atoms with Crippen LogP contribution in [0, 0.1) is 0 Å². The molecule has 0 saturated heterocycles. The summed E-state index contributed by atoms with van der Waals surface area (Å²) in [6.07, 6.45) is -3.07. The van der Waals surface area contributed by atoms with Crippen LogP contribution >= 0.6 is 0 Å². The number of rotatable bonds is 4. The molecule has 0 bridgehead atoms. The van der Waals surface area contributed by atoms with E-state index in [1.165, 1.54) is 26.6 Å². The number of halogens is 3. The van der Waals surface area contributed by atoms with Crippen LogP contribution in [-0.2, 0) is 6.18 Å². The van der Waals surface area contributed by atoms with E-state index in [0.717, 1.165) is 12.1 Å². The van der Waals surface area contributed by atoms with Crippen LogP contribution in [0.2, 0.25) is 0 Å². The summed E-state index contributed by atoms with van der Waals surface area (Å²) >= 11 is 0. The highest BCUT2D eigenvalue weighted by Gasteiger charge is 2.31. The number of fused-ring (bicyclic) bond motifs is 1. The summed E-state index contributed by atoms with van der Waals surface area (Å²) in [7, 11) is 4.66. The van der Waals surface area contributed by atoms with Crippen molar-refractivity contribution in [2.24, 2.45) is 0 Å². The molecule has 8 heteroatoms. The fraction of sp³-hybridized carbons (Fsp3) is 0.222. The van der Waals surface area contributed by atoms with E-state index in [2.05, 4.69) is 9.97 Å². The van der Waals surface area contributed by atoms with E-state index in [1.807, 2.05) is 0 Å². The smallest absolute Gasteiger partial charge is 0.416 e. The minimum Gasteiger partial charge on any atom is -0.497 e. The molecule has 0 amide bonds. The van der Waals surface area contributed by atoms with E-state index < -0.39 is 11.7 Å². The number of hydrogen-bond acceptors (Lipinski definition) is 5. The average Bonchev–Trinajstić information content (AvgIpc) is 2.65. The van der Waals surface area contributed by atoms with Gasteiger partial charge in [0.25, 0.3) is 0 Å². The molecule has 0 aliphatic carbocycles. The van der Waals surface area contributed by atoms with Gasteiger partial charge in [0.15, 0.2) is 0 Å². The number of aromatic nitrogens is 2. The van der Waals surface area contributed by atoms with E-state index in [0.29, 0.717) is 33.9 Å². The number of benzene rings is 2. The quantitative estimate of drug-likeness (QED) is 0.686. The van der Waals surface area contributed by atoms with Crippen LogP contribution in [0.5, 0.6) is 11.5 Å². The van der Waals surface area contributed by atoms with E-state index >= 15 is 0 Å². The number of anilines is 2. The molecule has 136 valence electrons. The third-order valence-electron chi connectivity index (χ3n) is 3.99. The summed E-state index contributed by atoms with van der Waals surface area (Å²) in [5.41, 5.74) is 0.177. The van der Waals surface area contributed by atoms with Gasteiger partial charge < -0.3 is 14.4 Å². The minimum absolute atomic E-state index is 0.345. The maximum atomic E-state index is 13.0. The maximum absolute atomic E-state index is 13.0. The number of alkyl halides is 3. The summed E-state index contributed by atoms with van der Waals surface area (Å²) < 4.78 is 49.7. The van der Waals surface area contributed by atoms with Crippen molar-refractivity contribution in [3.05, 3.63) is 48.3 Å². The topological polar surface area (TPSA) is 47.5 Å². The lowest BCUT2D eigenvalue weighted by Crippen LogP contribution is -2.14. The molecule has 0 fully saturated rings. The van der Waals surface area contributed by atoms with Gasteiger partial charge in [0.2, 0.25) is 0 Å². The lowest BCUT2D eigenvalue weighted by Gasteiger charge is -2.22. The van der Waals surface area contributed by atoms with Crippen LogP contribution in [-0.4, -0.2) is 31.2 Å². The second kappa shape index (κ2) is 6.70. The summed E-state index contributed by atoms with van der Waals surface area (Å²) in [4.78, 5) is 10.0. The Morgan fingerprint density at radius 3 is 2.42 bits per heavy atom. The van der Waals surface area contributed by atoms with Crippen LogP contribution in [0.1, 0.15) is 5.56 Å². The Labute approximate surface area is 148 Å². The first-order valence-electron chi connectivity index (χ1n) is 7.63. The zero-order valence-electron chi connectivity index (χ0n) is 14.3. The van der Waals surface area contributed by atoms with E-state index in [4.69, 9.17) is 9.47 Å². The van der Waals surface area contributed by atoms with Gasteiger partial charge in [0, 0.05) is 24.9 Å². The lowest BCUT2D eigenvalue weighted by atomic mass is 10.1. The van der Waals surface area contributed by atoms with Crippen molar-refractivity contribution < 1.29 is 22.6 Å². The molecule has 0 aliphatic heterocycles. The molecule has 1 heterocycles. The minimum atomic E-state index is -4.42. The molecule has 0 aliphatic rings. The summed E-state index contributed by atoms with van der Waals surface area (Å²) in [5.74, 6) is 1.45. The molecule has 0 atom stereocenters. The van der Waals surface area contributed by atoms with Gasteiger partial charge in [-0.25, -0.2) is 9.97 Å². The van der Waals surface area contributed by atoms with Gasteiger partial charge in [0.05, 0.1) is 30.7 Å². The van der Waals surface area contributed by atoms with E-state index in [-0.39, 0.29) is 0 Å². The van der Waals surface area contributed by atoms with Gasteiger partial charge in [0.1, 0.15) is 23.6 Å². The predicted octanol–water partition coefficient (Wildman–Crippen LogP) is 4.43. The largest absolute Gasteiger partial charge is 0.497 e. The first kappa shape index (κ1) is 17.8. The van der Waals surface area contributed by atoms with Crippen LogP contribution in [0.15, 0.2) is 42.7 Å². The Balaban J connectivity index is 2.16. The molecule has 3 aromatic rings. The maximum Gasteiger partial charge on any atom is 0.416 e. The fourth-order valence-corrected chi connectivity index (χ4v) is 2.66. The van der Waals surface area contributed by atoms with Gasteiger partial charge in [-0.2, -0.15) is 13.2 Å². The van der Waals surface area contributed by atoms with Crippen molar-refractivity contribution in [2.75, 3.05) is 26.2 Å². The Hall–Kier alpha value is -3.03. The van der Waals surface area contributed by atoms with Crippen molar-refractivity contribution in [3.8, 4) is 11.5 Å². The Morgan fingerprint density at radius 2 is 1.77 bits per heavy atom. The van der Waals surface area contributed by atoms with Crippen LogP contribution in [0.4, 0.5) is 24.7 Å². The summed E-state index contributed by atoms with van der Waals surface area (Å²) in [5, 5.41) is 0.579. The van der Waals surface area contributed by atoms with Gasteiger partial charge >= 0.3 is 6.18 Å². The molecule has 5 nitrogen and oxygen atoms in total.